The lowest BCUT2D eigenvalue weighted by Crippen LogP contribution is -2.52. The summed E-state index contributed by atoms with van der Waals surface area (Å²) >= 11 is 0. The maximum atomic E-state index is 12.9. The van der Waals surface area contributed by atoms with Gasteiger partial charge in [0.05, 0.1) is 19.3 Å². The van der Waals surface area contributed by atoms with Crippen LogP contribution in [-0.4, -0.2) is 55.6 Å². The van der Waals surface area contributed by atoms with Gasteiger partial charge in [0.2, 0.25) is 11.8 Å². The Morgan fingerprint density at radius 3 is 2.44 bits per heavy atom. The number of nitrogens with zero attached hydrogens (tertiary/aromatic N) is 1. The Kier molecular flexibility index (Phi) is 7.24. The van der Waals surface area contributed by atoms with Crippen LogP contribution in [0.1, 0.15) is 44.2 Å². The van der Waals surface area contributed by atoms with Crippen LogP contribution in [0.3, 0.4) is 0 Å². The van der Waals surface area contributed by atoms with Gasteiger partial charge in [0.1, 0.15) is 6.04 Å². The highest BCUT2D eigenvalue weighted by Gasteiger charge is 2.32. The summed E-state index contributed by atoms with van der Waals surface area (Å²) in [6, 6.07) is 9.97. The number of amides is 2. The molecule has 6 heteroatoms. The second-order valence-corrected chi connectivity index (χ2v) is 7.54. The topological polar surface area (TPSA) is 70.7 Å². The van der Waals surface area contributed by atoms with E-state index in [2.05, 4.69) is 27.7 Å². The van der Waals surface area contributed by atoms with Crippen molar-refractivity contribution in [3.05, 3.63) is 35.9 Å². The maximum Gasteiger partial charge on any atom is 0.242 e. The van der Waals surface area contributed by atoms with Gasteiger partial charge < -0.3 is 15.4 Å². The van der Waals surface area contributed by atoms with Crippen molar-refractivity contribution in [2.24, 2.45) is 5.92 Å². The molecule has 148 valence electrons. The Morgan fingerprint density at radius 1 is 1.15 bits per heavy atom. The Morgan fingerprint density at radius 2 is 1.81 bits per heavy atom. The number of rotatable bonds is 7. The molecule has 1 aromatic carbocycles. The molecule has 2 aliphatic rings. The quantitative estimate of drug-likeness (QED) is 0.766. The SMILES string of the molecule is CC(=O)NC(C(=O)NCC(c1ccccc1)N1CCOCC1)C1CCCC1. The third kappa shape index (κ3) is 5.53. The lowest BCUT2D eigenvalue weighted by molar-refractivity contribution is -0.129. The number of hydrogen-bond donors (Lipinski definition) is 2. The summed E-state index contributed by atoms with van der Waals surface area (Å²) in [5, 5.41) is 6.00. The lowest BCUT2D eigenvalue weighted by atomic mass is 9.96. The smallest absolute Gasteiger partial charge is 0.242 e. The normalized spacial score (nSPS) is 20.8. The van der Waals surface area contributed by atoms with Gasteiger partial charge in [0.15, 0.2) is 0 Å². The van der Waals surface area contributed by atoms with E-state index in [1.807, 2.05) is 18.2 Å². The standard InChI is InChI=1S/C21H31N3O3/c1-16(25)23-20(18-9-5-6-10-18)21(26)22-15-19(17-7-3-2-4-8-17)24-11-13-27-14-12-24/h2-4,7-8,18-20H,5-6,9-15H2,1H3,(H,22,26)(H,23,25). The highest BCUT2D eigenvalue weighted by Crippen LogP contribution is 2.28. The van der Waals surface area contributed by atoms with E-state index in [0.717, 1.165) is 38.8 Å². The van der Waals surface area contributed by atoms with Gasteiger partial charge in [-0.25, -0.2) is 0 Å². The van der Waals surface area contributed by atoms with Crippen molar-refractivity contribution in [1.82, 2.24) is 15.5 Å². The van der Waals surface area contributed by atoms with Crippen molar-refractivity contribution >= 4 is 11.8 Å². The molecule has 1 saturated heterocycles. The second-order valence-electron chi connectivity index (χ2n) is 7.54. The molecule has 0 spiro atoms. The summed E-state index contributed by atoms with van der Waals surface area (Å²) in [7, 11) is 0. The van der Waals surface area contributed by atoms with E-state index >= 15 is 0 Å². The van der Waals surface area contributed by atoms with E-state index < -0.39 is 6.04 Å². The van der Waals surface area contributed by atoms with E-state index in [-0.39, 0.29) is 23.8 Å². The van der Waals surface area contributed by atoms with Crippen LogP contribution < -0.4 is 10.6 Å². The molecule has 0 bridgehead atoms. The third-order valence-electron chi connectivity index (χ3n) is 5.65. The summed E-state index contributed by atoms with van der Waals surface area (Å²) in [6.07, 6.45) is 4.27. The van der Waals surface area contributed by atoms with Gasteiger partial charge in [0, 0.05) is 26.6 Å². The first kappa shape index (κ1) is 19.8. The molecule has 0 aromatic heterocycles. The van der Waals surface area contributed by atoms with Crippen molar-refractivity contribution in [2.75, 3.05) is 32.8 Å². The van der Waals surface area contributed by atoms with Crippen molar-refractivity contribution in [1.29, 1.82) is 0 Å². The average molecular weight is 373 g/mol. The molecule has 27 heavy (non-hydrogen) atoms. The minimum absolute atomic E-state index is 0.0636. The Bertz CT molecular complexity index is 610. The molecule has 1 aliphatic carbocycles. The molecule has 1 aliphatic heterocycles. The zero-order valence-corrected chi connectivity index (χ0v) is 16.2. The molecule has 3 rings (SSSR count). The van der Waals surface area contributed by atoms with Gasteiger partial charge in [-0.05, 0) is 24.3 Å². The fourth-order valence-electron chi connectivity index (χ4n) is 4.24. The number of nitrogens with one attached hydrogen (secondary N) is 2. The van der Waals surface area contributed by atoms with Gasteiger partial charge in [-0.15, -0.1) is 0 Å². The minimum Gasteiger partial charge on any atom is -0.379 e. The van der Waals surface area contributed by atoms with Crippen LogP contribution in [-0.2, 0) is 14.3 Å². The van der Waals surface area contributed by atoms with Crippen LogP contribution in [0.5, 0.6) is 0 Å². The first-order chi connectivity index (χ1) is 13.1. The molecule has 1 aromatic rings. The van der Waals surface area contributed by atoms with E-state index in [0.29, 0.717) is 19.8 Å². The number of ether oxygens (including phenoxy) is 1. The summed E-state index contributed by atoms with van der Waals surface area (Å²) in [5.74, 6) is 0.0357. The lowest BCUT2D eigenvalue weighted by Gasteiger charge is -2.35. The summed E-state index contributed by atoms with van der Waals surface area (Å²) in [6.45, 7) is 5.16. The van der Waals surface area contributed by atoms with E-state index in [4.69, 9.17) is 4.74 Å². The monoisotopic (exact) mass is 373 g/mol. The van der Waals surface area contributed by atoms with E-state index in [9.17, 15) is 9.59 Å². The van der Waals surface area contributed by atoms with Crippen LogP contribution in [0.25, 0.3) is 0 Å². The molecule has 1 saturated carbocycles. The number of benzene rings is 1. The van der Waals surface area contributed by atoms with Crippen molar-refractivity contribution in [3.63, 3.8) is 0 Å². The molecule has 6 nitrogen and oxygen atoms in total. The molecule has 0 radical (unpaired) electrons. The second kappa shape index (κ2) is 9.85. The Balaban J connectivity index is 1.67. The van der Waals surface area contributed by atoms with Crippen LogP contribution >= 0.6 is 0 Å². The molecule has 2 amide bonds. The number of hydrogen-bond acceptors (Lipinski definition) is 4. The Hall–Kier alpha value is -1.92. The number of carbonyl (C=O) groups is 2. The summed E-state index contributed by atoms with van der Waals surface area (Å²) in [5.41, 5.74) is 1.19. The zero-order valence-electron chi connectivity index (χ0n) is 16.2. The first-order valence-electron chi connectivity index (χ1n) is 10.1. The van der Waals surface area contributed by atoms with Crippen molar-refractivity contribution < 1.29 is 14.3 Å². The number of carbonyl (C=O) groups excluding carboxylic acids is 2. The third-order valence-corrected chi connectivity index (χ3v) is 5.65. The summed E-state index contributed by atoms with van der Waals surface area (Å²) in [4.78, 5) is 26.9. The fraction of sp³-hybridized carbons (Fsp3) is 0.619. The van der Waals surface area contributed by atoms with Gasteiger partial charge >= 0.3 is 0 Å². The van der Waals surface area contributed by atoms with Gasteiger partial charge in [-0.2, -0.15) is 0 Å². The molecular formula is C21H31N3O3. The first-order valence-corrected chi connectivity index (χ1v) is 10.1. The highest BCUT2D eigenvalue weighted by molar-refractivity contribution is 5.87. The van der Waals surface area contributed by atoms with E-state index in [1.54, 1.807) is 0 Å². The Labute approximate surface area is 161 Å². The number of morpholine rings is 1. The maximum absolute atomic E-state index is 12.9. The van der Waals surface area contributed by atoms with Gasteiger partial charge in [-0.3, -0.25) is 14.5 Å². The minimum atomic E-state index is -0.425. The molecular weight excluding hydrogens is 342 g/mol. The largest absolute Gasteiger partial charge is 0.379 e. The molecule has 1 heterocycles. The van der Waals surface area contributed by atoms with Crippen LogP contribution in [0.4, 0.5) is 0 Å². The van der Waals surface area contributed by atoms with Crippen molar-refractivity contribution in [2.45, 2.75) is 44.7 Å². The van der Waals surface area contributed by atoms with Gasteiger partial charge in [-0.1, -0.05) is 43.2 Å². The molecule has 2 fully saturated rings. The van der Waals surface area contributed by atoms with Crippen LogP contribution in [0.15, 0.2) is 30.3 Å². The predicted molar refractivity (Wildman–Crippen MR) is 104 cm³/mol. The highest BCUT2D eigenvalue weighted by atomic mass is 16.5. The molecule has 2 unspecified atom stereocenters. The van der Waals surface area contributed by atoms with Gasteiger partial charge in [0.25, 0.3) is 0 Å². The fourth-order valence-corrected chi connectivity index (χ4v) is 4.24. The zero-order chi connectivity index (χ0) is 19.1. The van der Waals surface area contributed by atoms with E-state index in [1.165, 1.54) is 12.5 Å². The predicted octanol–water partition coefficient (Wildman–Crippen LogP) is 1.87. The average Bonchev–Trinajstić information content (AvgIpc) is 3.22. The molecule has 2 N–H and O–H groups in total. The molecule has 2 atom stereocenters. The van der Waals surface area contributed by atoms with Crippen molar-refractivity contribution in [3.8, 4) is 0 Å². The summed E-state index contributed by atoms with van der Waals surface area (Å²) < 4.78 is 5.48. The van der Waals surface area contributed by atoms with Crippen LogP contribution in [0, 0.1) is 5.92 Å². The van der Waals surface area contributed by atoms with Crippen LogP contribution in [0.2, 0.25) is 0 Å².